The Kier molecular flexibility index (Phi) is 11.4. The zero-order chi connectivity index (χ0) is 11.6. The summed E-state index contributed by atoms with van der Waals surface area (Å²) in [6.45, 7) is 5.84. The van der Waals surface area contributed by atoms with Gasteiger partial charge in [-0.15, -0.1) is 0 Å². The minimum absolute atomic E-state index is 0. The van der Waals surface area contributed by atoms with Gasteiger partial charge in [-0.2, -0.15) is 0 Å². The lowest BCUT2D eigenvalue weighted by Crippen LogP contribution is -2.33. The van der Waals surface area contributed by atoms with Gasteiger partial charge in [-0.3, -0.25) is 0 Å². The third kappa shape index (κ3) is 7.99. The van der Waals surface area contributed by atoms with Gasteiger partial charge in [0.2, 0.25) is 0 Å². The maximum atomic E-state index is 5.90. The summed E-state index contributed by atoms with van der Waals surface area (Å²) >= 11 is 0. The minimum atomic E-state index is -0.565. The maximum Gasteiger partial charge on any atom is 0.0686 e. The van der Waals surface area contributed by atoms with E-state index >= 15 is 0 Å². The Balaban J connectivity index is 0.00000256. The molecule has 0 N–H and O–H groups in total. The van der Waals surface area contributed by atoms with E-state index in [2.05, 4.69) is 13.5 Å². The molecule has 0 radical (unpaired) electrons. The van der Waals surface area contributed by atoms with E-state index in [0.29, 0.717) is 5.73 Å². The van der Waals surface area contributed by atoms with Crippen molar-refractivity contribution in [1.29, 1.82) is 0 Å². The second-order valence-corrected chi connectivity index (χ2v) is 8.71. The number of hydrogen-bond acceptors (Lipinski definition) is 1. The van der Waals surface area contributed by atoms with E-state index in [1.807, 2.05) is 0 Å². The average molecular weight is 259 g/mol. The van der Waals surface area contributed by atoms with Crippen LogP contribution in [-0.2, 0) is 4.74 Å². The fraction of sp³-hybridized carbons (Fsp3) is 1.00. The Labute approximate surface area is 111 Å². The first-order chi connectivity index (χ1) is 7.84. The van der Waals surface area contributed by atoms with Crippen molar-refractivity contribution in [3.05, 3.63) is 0 Å². The van der Waals surface area contributed by atoms with Crippen molar-refractivity contribution in [2.75, 3.05) is 6.61 Å². The third-order valence-electron chi connectivity index (χ3n) is 3.86. The first-order valence-electron chi connectivity index (χ1n) is 7.46. The highest BCUT2D eigenvalue weighted by molar-refractivity contribution is 6.58. The molecule has 1 aliphatic heterocycles. The molecule has 104 valence electrons. The summed E-state index contributed by atoms with van der Waals surface area (Å²) in [5.41, 5.74) is 0.712. The van der Waals surface area contributed by atoms with Gasteiger partial charge < -0.3 is 4.74 Å². The first-order valence-corrected chi connectivity index (χ1v) is 10.1. The van der Waals surface area contributed by atoms with Crippen LogP contribution >= 0.6 is 0 Å². The molecule has 17 heavy (non-hydrogen) atoms. The standard InChI is InChI=1S/C14H30OSi.CH4/c1-3-4-5-6-7-10-13-16(2)14-11-8-9-12-15-14;/h14,16H,3-13H2,1-2H3;1H4. The molecule has 2 unspecified atom stereocenters. The molecule has 1 nitrogen and oxygen atoms in total. The summed E-state index contributed by atoms with van der Waals surface area (Å²) in [4.78, 5) is 0. The molecule has 0 saturated carbocycles. The monoisotopic (exact) mass is 258 g/mol. The van der Waals surface area contributed by atoms with E-state index in [4.69, 9.17) is 4.74 Å². The summed E-state index contributed by atoms with van der Waals surface area (Å²) < 4.78 is 5.90. The quantitative estimate of drug-likeness (QED) is 0.442. The van der Waals surface area contributed by atoms with Gasteiger partial charge in [-0.25, -0.2) is 0 Å². The maximum absolute atomic E-state index is 5.90. The molecule has 1 rings (SSSR count). The summed E-state index contributed by atoms with van der Waals surface area (Å²) in [5, 5.41) is 0. The molecule has 0 aliphatic carbocycles. The van der Waals surface area contributed by atoms with Crippen molar-refractivity contribution in [3.8, 4) is 0 Å². The molecule has 0 spiro atoms. The molecule has 0 amide bonds. The lowest BCUT2D eigenvalue weighted by Gasteiger charge is -2.27. The van der Waals surface area contributed by atoms with Gasteiger partial charge in [0.05, 0.1) is 8.80 Å². The van der Waals surface area contributed by atoms with Crippen LogP contribution in [0.3, 0.4) is 0 Å². The van der Waals surface area contributed by atoms with Crippen molar-refractivity contribution in [3.63, 3.8) is 0 Å². The molecule has 2 atom stereocenters. The molecular formula is C15H34OSi. The van der Waals surface area contributed by atoms with Crippen LogP contribution in [0.15, 0.2) is 0 Å². The minimum Gasteiger partial charge on any atom is -0.382 e. The number of hydrogen-bond donors (Lipinski definition) is 0. The van der Waals surface area contributed by atoms with E-state index in [1.165, 1.54) is 63.8 Å². The molecule has 2 heteroatoms. The number of ether oxygens (including phenoxy) is 1. The Morgan fingerprint density at radius 3 is 2.41 bits per heavy atom. The van der Waals surface area contributed by atoms with Gasteiger partial charge >= 0.3 is 0 Å². The molecule has 1 fully saturated rings. The largest absolute Gasteiger partial charge is 0.382 e. The fourth-order valence-electron chi connectivity index (χ4n) is 2.65. The number of unbranched alkanes of at least 4 members (excludes halogenated alkanes) is 5. The van der Waals surface area contributed by atoms with Gasteiger partial charge in [0, 0.05) is 12.3 Å². The van der Waals surface area contributed by atoms with Crippen molar-refractivity contribution >= 4 is 8.80 Å². The lowest BCUT2D eigenvalue weighted by molar-refractivity contribution is 0.0625. The molecule has 0 aromatic rings. The summed E-state index contributed by atoms with van der Waals surface area (Å²) in [6, 6.07) is 1.51. The molecule has 1 heterocycles. The Morgan fingerprint density at radius 1 is 1.06 bits per heavy atom. The van der Waals surface area contributed by atoms with E-state index in [-0.39, 0.29) is 7.43 Å². The Hall–Kier alpha value is 0.177. The van der Waals surface area contributed by atoms with Gasteiger partial charge in [0.1, 0.15) is 0 Å². The molecule has 0 aromatic carbocycles. The zero-order valence-electron chi connectivity index (χ0n) is 11.3. The smallest absolute Gasteiger partial charge is 0.0686 e. The van der Waals surface area contributed by atoms with Gasteiger partial charge in [-0.05, 0) is 19.3 Å². The van der Waals surface area contributed by atoms with Crippen molar-refractivity contribution in [2.24, 2.45) is 0 Å². The topological polar surface area (TPSA) is 9.23 Å². The van der Waals surface area contributed by atoms with E-state index in [0.717, 1.165) is 6.61 Å². The van der Waals surface area contributed by atoms with Crippen molar-refractivity contribution < 1.29 is 4.74 Å². The van der Waals surface area contributed by atoms with Crippen LogP contribution in [0.1, 0.15) is 72.1 Å². The van der Waals surface area contributed by atoms with Gasteiger partial charge in [-0.1, -0.05) is 65.5 Å². The molecule has 1 aliphatic rings. The highest BCUT2D eigenvalue weighted by atomic mass is 28.3. The van der Waals surface area contributed by atoms with Crippen LogP contribution in [0.5, 0.6) is 0 Å². The Bertz CT molecular complexity index is 155. The highest BCUT2D eigenvalue weighted by Gasteiger charge is 2.21. The molecule has 1 saturated heterocycles. The van der Waals surface area contributed by atoms with Crippen LogP contribution in [0, 0.1) is 0 Å². The van der Waals surface area contributed by atoms with Crippen molar-refractivity contribution in [1.82, 2.24) is 0 Å². The van der Waals surface area contributed by atoms with Crippen LogP contribution in [-0.4, -0.2) is 21.1 Å². The van der Waals surface area contributed by atoms with E-state index in [1.54, 1.807) is 0 Å². The average Bonchev–Trinajstić information content (AvgIpc) is 2.34. The fourth-order valence-corrected chi connectivity index (χ4v) is 5.22. The highest BCUT2D eigenvalue weighted by Crippen LogP contribution is 2.19. The molecular weight excluding hydrogens is 224 g/mol. The summed E-state index contributed by atoms with van der Waals surface area (Å²) in [7, 11) is -0.565. The van der Waals surface area contributed by atoms with Crippen LogP contribution in [0.2, 0.25) is 12.6 Å². The zero-order valence-corrected chi connectivity index (χ0v) is 12.5. The summed E-state index contributed by atoms with van der Waals surface area (Å²) in [6.07, 6.45) is 12.7. The molecule has 0 aromatic heterocycles. The second kappa shape index (κ2) is 11.3. The van der Waals surface area contributed by atoms with Gasteiger partial charge in [0.15, 0.2) is 0 Å². The van der Waals surface area contributed by atoms with E-state index < -0.39 is 8.80 Å². The Morgan fingerprint density at radius 2 is 1.76 bits per heavy atom. The summed E-state index contributed by atoms with van der Waals surface area (Å²) in [5.74, 6) is 0. The van der Waals surface area contributed by atoms with Gasteiger partial charge in [0.25, 0.3) is 0 Å². The third-order valence-corrected chi connectivity index (χ3v) is 6.98. The predicted octanol–water partition coefficient (Wildman–Crippen LogP) is 4.95. The second-order valence-electron chi connectivity index (χ2n) is 5.44. The normalized spacial score (nSPS) is 21.9. The first kappa shape index (κ1) is 17.2. The van der Waals surface area contributed by atoms with Crippen molar-refractivity contribution in [2.45, 2.75) is 90.5 Å². The van der Waals surface area contributed by atoms with Crippen LogP contribution in [0.4, 0.5) is 0 Å². The van der Waals surface area contributed by atoms with Crippen LogP contribution in [0.25, 0.3) is 0 Å². The lowest BCUT2D eigenvalue weighted by atomic mass is 10.1. The number of rotatable bonds is 8. The molecule has 0 bridgehead atoms. The predicted molar refractivity (Wildman–Crippen MR) is 81.5 cm³/mol. The SMILES string of the molecule is C.CCCCCCCC[SiH](C)C1CCCCO1. The van der Waals surface area contributed by atoms with E-state index in [9.17, 15) is 0 Å². The van der Waals surface area contributed by atoms with Crippen LogP contribution < -0.4 is 0 Å².